The zero-order valence-corrected chi connectivity index (χ0v) is 9.97. The predicted molar refractivity (Wildman–Crippen MR) is 63.8 cm³/mol. The molecule has 1 heterocycles. The zero-order valence-electron chi connectivity index (χ0n) is 9.97. The van der Waals surface area contributed by atoms with Crippen LogP contribution in [0.4, 0.5) is 0 Å². The number of rotatable bonds is 3. The van der Waals surface area contributed by atoms with Crippen LogP contribution in [0.3, 0.4) is 0 Å². The highest BCUT2D eigenvalue weighted by atomic mass is 15.0. The molecule has 0 amide bonds. The van der Waals surface area contributed by atoms with Gasteiger partial charge in [0.25, 0.3) is 0 Å². The van der Waals surface area contributed by atoms with Crippen molar-refractivity contribution >= 4 is 0 Å². The minimum absolute atomic E-state index is 0.316. The molecule has 16 heavy (non-hydrogen) atoms. The van der Waals surface area contributed by atoms with Crippen molar-refractivity contribution in [1.29, 1.82) is 0 Å². The molecule has 2 bridgehead atoms. The molecule has 4 atom stereocenters. The first-order valence-electron chi connectivity index (χ1n) is 6.46. The molecule has 3 rings (SSSR count). The van der Waals surface area contributed by atoms with Gasteiger partial charge in [0.05, 0.1) is 0 Å². The van der Waals surface area contributed by atoms with Gasteiger partial charge in [-0.25, -0.2) is 4.98 Å². The maximum Gasteiger partial charge on any atom is 0.109 e. The summed E-state index contributed by atoms with van der Waals surface area (Å²) in [4.78, 5) is 4.37. The fourth-order valence-electron chi connectivity index (χ4n) is 3.77. The van der Waals surface area contributed by atoms with E-state index in [2.05, 4.69) is 16.6 Å². The van der Waals surface area contributed by atoms with Gasteiger partial charge in [-0.3, -0.25) is 0 Å². The minimum atomic E-state index is 0.316. The lowest BCUT2D eigenvalue weighted by Gasteiger charge is -2.27. The van der Waals surface area contributed by atoms with Crippen LogP contribution in [0, 0.1) is 17.8 Å². The molecule has 3 heteroatoms. The van der Waals surface area contributed by atoms with Crippen LogP contribution in [0.25, 0.3) is 0 Å². The smallest absolute Gasteiger partial charge is 0.109 e. The number of aryl methyl sites for hydroxylation is 1. The number of nitrogens with zero attached hydrogens (tertiary/aromatic N) is 2. The molecule has 0 saturated heterocycles. The molecule has 2 aliphatic carbocycles. The summed E-state index contributed by atoms with van der Waals surface area (Å²) >= 11 is 0. The summed E-state index contributed by atoms with van der Waals surface area (Å²) < 4.78 is 2.09. The largest absolute Gasteiger partial charge is 0.338 e. The van der Waals surface area contributed by atoms with Crippen molar-refractivity contribution < 1.29 is 0 Å². The van der Waals surface area contributed by atoms with Gasteiger partial charge >= 0.3 is 0 Å². The Balaban J connectivity index is 1.66. The van der Waals surface area contributed by atoms with Crippen LogP contribution < -0.4 is 5.73 Å². The van der Waals surface area contributed by atoms with Crippen molar-refractivity contribution in [3.8, 4) is 0 Å². The van der Waals surface area contributed by atoms with Crippen molar-refractivity contribution in [1.82, 2.24) is 9.55 Å². The van der Waals surface area contributed by atoms with E-state index in [-0.39, 0.29) is 0 Å². The molecule has 0 radical (unpaired) electrons. The summed E-state index contributed by atoms with van der Waals surface area (Å²) in [6.07, 6.45) is 10.5. The van der Waals surface area contributed by atoms with Crippen molar-refractivity contribution in [2.45, 2.75) is 38.1 Å². The normalized spacial score (nSPS) is 34.5. The number of imidazole rings is 1. The molecule has 2 fully saturated rings. The van der Waals surface area contributed by atoms with E-state index in [1.807, 2.05) is 12.4 Å². The Labute approximate surface area is 97.0 Å². The molecule has 4 unspecified atom stereocenters. The minimum Gasteiger partial charge on any atom is -0.338 e. The Bertz CT molecular complexity index is 371. The van der Waals surface area contributed by atoms with Crippen LogP contribution in [0.2, 0.25) is 0 Å². The fourth-order valence-corrected chi connectivity index (χ4v) is 3.77. The van der Waals surface area contributed by atoms with Gasteiger partial charge < -0.3 is 10.3 Å². The number of fused-ring (bicyclic) bond motifs is 2. The van der Waals surface area contributed by atoms with Crippen LogP contribution in [0.5, 0.6) is 0 Å². The van der Waals surface area contributed by atoms with Crippen molar-refractivity contribution in [2.24, 2.45) is 30.5 Å². The first kappa shape index (κ1) is 10.3. The second-order valence-electron chi connectivity index (χ2n) is 5.66. The Kier molecular flexibility index (Phi) is 2.51. The molecule has 0 aromatic carbocycles. The third-order valence-electron chi connectivity index (χ3n) is 4.68. The van der Waals surface area contributed by atoms with E-state index < -0.39 is 0 Å². The first-order valence-corrected chi connectivity index (χ1v) is 6.46. The lowest BCUT2D eigenvalue weighted by molar-refractivity contribution is 0.277. The SMILES string of the molecule is Cn1ccnc1CC(N)C1CC2CCC1C2. The van der Waals surface area contributed by atoms with Gasteiger partial charge in [0.2, 0.25) is 0 Å². The summed E-state index contributed by atoms with van der Waals surface area (Å²) in [5.74, 6) is 3.80. The van der Waals surface area contributed by atoms with Gasteiger partial charge in [-0.05, 0) is 37.0 Å². The zero-order chi connectivity index (χ0) is 11.1. The molecule has 0 aliphatic heterocycles. The Hall–Kier alpha value is -0.830. The Morgan fingerprint density at radius 3 is 2.94 bits per heavy atom. The first-order chi connectivity index (χ1) is 7.74. The maximum atomic E-state index is 6.37. The third kappa shape index (κ3) is 1.67. The van der Waals surface area contributed by atoms with Gasteiger partial charge in [-0.15, -0.1) is 0 Å². The monoisotopic (exact) mass is 219 g/mol. The number of hydrogen-bond acceptors (Lipinski definition) is 2. The molecule has 0 spiro atoms. The predicted octanol–water partition coefficient (Wildman–Crippen LogP) is 1.73. The van der Waals surface area contributed by atoms with Gasteiger partial charge in [0.15, 0.2) is 0 Å². The summed E-state index contributed by atoms with van der Waals surface area (Å²) in [6, 6.07) is 0.316. The van der Waals surface area contributed by atoms with E-state index in [1.165, 1.54) is 25.7 Å². The molecular formula is C13H21N3. The quantitative estimate of drug-likeness (QED) is 0.841. The van der Waals surface area contributed by atoms with E-state index in [9.17, 15) is 0 Å². The lowest BCUT2D eigenvalue weighted by atomic mass is 9.82. The molecule has 3 nitrogen and oxygen atoms in total. The summed E-state index contributed by atoms with van der Waals surface area (Å²) in [5, 5.41) is 0. The van der Waals surface area contributed by atoms with E-state index in [0.29, 0.717) is 6.04 Å². The second kappa shape index (κ2) is 3.88. The molecular weight excluding hydrogens is 198 g/mol. The molecule has 2 saturated carbocycles. The molecule has 1 aromatic rings. The topological polar surface area (TPSA) is 43.8 Å². The average Bonchev–Trinajstić information content (AvgIpc) is 2.95. The van der Waals surface area contributed by atoms with E-state index >= 15 is 0 Å². The van der Waals surface area contributed by atoms with Crippen LogP contribution in [-0.2, 0) is 13.5 Å². The lowest BCUT2D eigenvalue weighted by Crippen LogP contribution is -2.36. The highest BCUT2D eigenvalue weighted by molar-refractivity contribution is 5.00. The standard InChI is InChI=1S/C13H21N3/c1-16-5-4-15-13(16)8-12(14)11-7-9-2-3-10(11)6-9/h4-5,9-12H,2-3,6-8,14H2,1H3. The number of hydrogen-bond donors (Lipinski definition) is 1. The van der Waals surface area contributed by atoms with Crippen molar-refractivity contribution in [2.75, 3.05) is 0 Å². The summed E-state index contributed by atoms with van der Waals surface area (Å²) in [7, 11) is 2.05. The average molecular weight is 219 g/mol. The van der Waals surface area contributed by atoms with Gasteiger partial charge in [-0.1, -0.05) is 6.42 Å². The Morgan fingerprint density at radius 2 is 2.38 bits per heavy atom. The molecule has 2 N–H and O–H groups in total. The van der Waals surface area contributed by atoms with Gasteiger partial charge in [0.1, 0.15) is 5.82 Å². The van der Waals surface area contributed by atoms with Gasteiger partial charge in [0, 0.05) is 31.9 Å². The van der Waals surface area contributed by atoms with E-state index in [1.54, 1.807) is 0 Å². The number of aromatic nitrogens is 2. The van der Waals surface area contributed by atoms with Crippen LogP contribution >= 0.6 is 0 Å². The molecule has 88 valence electrons. The van der Waals surface area contributed by atoms with Crippen LogP contribution in [0.15, 0.2) is 12.4 Å². The Morgan fingerprint density at radius 1 is 1.50 bits per heavy atom. The van der Waals surface area contributed by atoms with Gasteiger partial charge in [-0.2, -0.15) is 0 Å². The second-order valence-corrected chi connectivity index (χ2v) is 5.66. The highest BCUT2D eigenvalue weighted by Gasteiger charge is 2.42. The summed E-state index contributed by atoms with van der Waals surface area (Å²) in [6.45, 7) is 0. The highest BCUT2D eigenvalue weighted by Crippen LogP contribution is 2.49. The summed E-state index contributed by atoms with van der Waals surface area (Å²) in [5.41, 5.74) is 6.37. The van der Waals surface area contributed by atoms with Crippen molar-refractivity contribution in [3.63, 3.8) is 0 Å². The van der Waals surface area contributed by atoms with Crippen LogP contribution in [0.1, 0.15) is 31.5 Å². The van der Waals surface area contributed by atoms with E-state index in [0.717, 1.165) is 30.0 Å². The maximum absolute atomic E-state index is 6.37. The molecule has 1 aromatic heterocycles. The molecule has 2 aliphatic rings. The van der Waals surface area contributed by atoms with Crippen molar-refractivity contribution in [3.05, 3.63) is 18.2 Å². The van der Waals surface area contributed by atoms with E-state index in [4.69, 9.17) is 5.73 Å². The van der Waals surface area contributed by atoms with Crippen LogP contribution in [-0.4, -0.2) is 15.6 Å². The third-order valence-corrected chi connectivity index (χ3v) is 4.68. The fraction of sp³-hybridized carbons (Fsp3) is 0.769. The number of nitrogens with two attached hydrogens (primary N) is 1.